The van der Waals surface area contributed by atoms with Gasteiger partial charge < -0.3 is 15.5 Å². The van der Waals surface area contributed by atoms with Gasteiger partial charge in [0.1, 0.15) is 6.04 Å². The molecule has 2 aliphatic rings. The fraction of sp³-hybridized carbons (Fsp3) is 0.222. The molecule has 0 saturated carbocycles. The lowest BCUT2D eigenvalue weighted by Gasteiger charge is -2.20. The van der Waals surface area contributed by atoms with Crippen LogP contribution < -0.4 is 10.6 Å². The summed E-state index contributed by atoms with van der Waals surface area (Å²) in [6, 6.07) is 9.45. The van der Waals surface area contributed by atoms with E-state index in [-0.39, 0.29) is 23.8 Å². The number of para-hydroxylation sites is 1. The molecule has 0 bridgehead atoms. The van der Waals surface area contributed by atoms with Gasteiger partial charge in [-0.15, -0.1) is 0 Å². The fourth-order valence-corrected chi connectivity index (χ4v) is 3.33. The zero-order valence-electron chi connectivity index (χ0n) is 13.3. The van der Waals surface area contributed by atoms with E-state index in [0.29, 0.717) is 29.8 Å². The van der Waals surface area contributed by atoms with E-state index < -0.39 is 6.04 Å². The number of hydrogen-bond donors (Lipinski definition) is 2. The first-order valence-electron chi connectivity index (χ1n) is 8.05. The fourth-order valence-electron chi connectivity index (χ4n) is 3.33. The lowest BCUT2D eigenvalue weighted by molar-refractivity contribution is -0.119. The van der Waals surface area contributed by atoms with E-state index in [1.54, 1.807) is 42.6 Å². The largest absolute Gasteiger partial charge is 0.347 e. The Kier molecular flexibility index (Phi) is 3.68. The maximum Gasteiger partial charge on any atom is 0.256 e. The number of amides is 3. The van der Waals surface area contributed by atoms with Gasteiger partial charge in [-0.3, -0.25) is 19.4 Å². The number of anilines is 1. The van der Waals surface area contributed by atoms with Crippen LogP contribution in [-0.2, 0) is 4.79 Å². The highest BCUT2D eigenvalue weighted by atomic mass is 16.2. The number of fused-ring (bicyclic) bond motifs is 2. The van der Waals surface area contributed by atoms with E-state index in [0.717, 1.165) is 0 Å². The number of carbonyl (C=O) groups excluding carboxylic acids is 3. The van der Waals surface area contributed by atoms with Gasteiger partial charge >= 0.3 is 0 Å². The number of benzene rings is 1. The molecule has 7 heteroatoms. The molecule has 0 unspecified atom stereocenters. The third-order valence-corrected chi connectivity index (χ3v) is 4.54. The predicted octanol–water partition coefficient (Wildman–Crippen LogP) is 1.05. The van der Waals surface area contributed by atoms with Gasteiger partial charge in [0.05, 0.1) is 16.8 Å². The normalized spacial score (nSPS) is 21.8. The highest BCUT2D eigenvalue weighted by Crippen LogP contribution is 2.28. The van der Waals surface area contributed by atoms with Gasteiger partial charge in [0.2, 0.25) is 5.91 Å². The Bertz CT molecular complexity index is 852. The first-order chi connectivity index (χ1) is 12.1. The number of rotatable bonds is 2. The van der Waals surface area contributed by atoms with Gasteiger partial charge in [0.15, 0.2) is 0 Å². The smallest absolute Gasteiger partial charge is 0.256 e. The van der Waals surface area contributed by atoms with Crippen LogP contribution in [-0.4, -0.2) is 46.2 Å². The summed E-state index contributed by atoms with van der Waals surface area (Å²) in [6.07, 6.45) is 3.46. The topological polar surface area (TPSA) is 91.4 Å². The van der Waals surface area contributed by atoms with Crippen molar-refractivity contribution in [3.63, 3.8) is 0 Å². The molecule has 2 aromatic rings. The third-order valence-electron chi connectivity index (χ3n) is 4.54. The van der Waals surface area contributed by atoms with Gasteiger partial charge in [0.25, 0.3) is 11.8 Å². The molecule has 25 heavy (non-hydrogen) atoms. The minimum Gasteiger partial charge on any atom is -0.347 e. The van der Waals surface area contributed by atoms with Crippen molar-refractivity contribution in [3.8, 4) is 0 Å². The number of nitrogens with zero attached hydrogens (tertiary/aromatic N) is 2. The van der Waals surface area contributed by atoms with Crippen molar-refractivity contribution in [3.05, 3.63) is 59.9 Å². The zero-order valence-corrected chi connectivity index (χ0v) is 13.3. The molecular weight excluding hydrogens is 320 g/mol. The van der Waals surface area contributed by atoms with Crippen LogP contribution in [0.3, 0.4) is 0 Å². The average molecular weight is 336 g/mol. The first kappa shape index (κ1) is 15.3. The Balaban J connectivity index is 1.54. The second kappa shape index (κ2) is 6.01. The SMILES string of the molecule is O=C(N[C@H]1C[C@H]2C(=O)Nc3ccccc3C(=O)N2C1)c1cccnc1. The molecule has 1 aromatic carbocycles. The Morgan fingerprint density at radius 1 is 1.20 bits per heavy atom. The summed E-state index contributed by atoms with van der Waals surface area (Å²) in [5, 5.41) is 5.69. The molecule has 126 valence electrons. The lowest BCUT2D eigenvalue weighted by atomic mass is 10.1. The second-order valence-corrected chi connectivity index (χ2v) is 6.16. The summed E-state index contributed by atoms with van der Waals surface area (Å²) >= 11 is 0. The molecule has 0 aliphatic carbocycles. The highest BCUT2D eigenvalue weighted by molar-refractivity contribution is 6.10. The number of pyridine rings is 1. The van der Waals surface area contributed by atoms with Crippen molar-refractivity contribution in [2.45, 2.75) is 18.5 Å². The average Bonchev–Trinajstić information content (AvgIpc) is 3.02. The number of hydrogen-bond acceptors (Lipinski definition) is 4. The van der Waals surface area contributed by atoms with Gasteiger partial charge in [-0.25, -0.2) is 0 Å². The van der Waals surface area contributed by atoms with E-state index in [4.69, 9.17) is 0 Å². The molecule has 7 nitrogen and oxygen atoms in total. The van der Waals surface area contributed by atoms with Gasteiger partial charge in [-0.05, 0) is 30.7 Å². The third kappa shape index (κ3) is 2.73. The molecule has 1 aromatic heterocycles. The molecule has 1 saturated heterocycles. The van der Waals surface area contributed by atoms with Crippen molar-refractivity contribution < 1.29 is 14.4 Å². The summed E-state index contributed by atoms with van der Waals surface area (Å²) < 4.78 is 0. The standard InChI is InChI=1S/C18H16N4O3/c23-16(11-4-3-7-19-9-11)20-12-8-15-17(24)21-14-6-2-1-5-13(14)18(25)22(15)10-12/h1-7,9,12,15H,8,10H2,(H,20,23)(H,21,24)/t12-,15-/m0/s1. The highest BCUT2D eigenvalue weighted by Gasteiger charge is 2.43. The van der Waals surface area contributed by atoms with Crippen LogP contribution in [0.15, 0.2) is 48.8 Å². The quantitative estimate of drug-likeness (QED) is 0.857. The maximum atomic E-state index is 12.8. The Morgan fingerprint density at radius 2 is 2.04 bits per heavy atom. The maximum absolute atomic E-state index is 12.8. The molecule has 4 rings (SSSR count). The minimum absolute atomic E-state index is 0.197. The van der Waals surface area contributed by atoms with E-state index in [2.05, 4.69) is 15.6 Å². The van der Waals surface area contributed by atoms with Gasteiger partial charge in [-0.1, -0.05) is 12.1 Å². The van der Waals surface area contributed by atoms with Crippen molar-refractivity contribution in [2.75, 3.05) is 11.9 Å². The predicted molar refractivity (Wildman–Crippen MR) is 90.0 cm³/mol. The summed E-state index contributed by atoms with van der Waals surface area (Å²) in [7, 11) is 0. The van der Waals surface area contributed by atoms with E-state index in [9.17, 15) is 14.4 Å². The van der Waals surface area contributed by atoms with Crippen LogP contribution in [0.1, 0.15) is 27.1 Å². The molecule has 2 N–H and O–H groups in total. The van der Waals surface area contributed by atoms with Crippen molar-refractivity contribution in [2.24, 2.45) is 0 Å². The van der Waals surface area contributed by atoms with Crippen molar-refractivity contribution in [1.82, 2.24) is 15.2 Å². The molecular formula is C18H16N4O3. The van der Waals surface area contributed by atoms with E-state index in [1.165, 1.54) is 11.1 Å². The monoisotopic (exact) mass is 336 g/mol. The van der Waals surface area contributed by atoms with E-state index >= 15 is 0 Å². The Morgan fingerprint density at radius 3 is 2.84 bits per heavy atom. The van der Waals surface area contributed by atoms with Crippen LogP contribution in [0.2, 0.25) is 0 Å². The van der Waals surface area contributed by atoms with Gasteiger partial charge in [0, 0.05) is 25.0 Å². The summed E-state index contributed by atoms with van der Waals surface area (Å²) in [4.78, 5) is 43.0. The van der Waals surface area contributed by atoms with Crippen LogP contribution in [0.25, 0.3) is 0 Å². The van der Waals surface area contributed by atoms with Crippen molar-refractivity contribution in [1.29, 1.82) is 0 Å². The molecule has 3 heterocycles. The van der Waals surface area contributed by atoms with Crippen LogP contribution in [0.4, 0.5) is 5.69 Å². The molecule has 0 radical (unpaired) electrons. The van der Waals surface area contributed by atoms with E-state index in [1.807, 2.05) is 0 Å². The Labute approximate surface area is 144 Å². The first-order valence-corrected chi connectivity index (χ1v) is 8.05. The number of nitrogens with one attached hydrogen (secondary N) is 2. The number of aromatic nitrogens is 1. The molecule has 1 fully saturated rings. The summed E-state index contributed by atoms with van der Waals surface area (Å²) in [5.74, 6) is -0.683. The summed E-state index contributed by atoms with van der Waals surface area (Å²) in [6.45, 7) is 0.303. The zero-order chi connectivity index (χ0) is 17.4. The summed E-state index contributed by atoms with van der Waals surface area (Å²) in [5.41, 5.74) is 1.45. The molecule has 0 spiro atoms. The van der Waals surface area contributed by atoms with Gasteiger partial charge in [-0.2, -0.15) is 0 Å². The van der Waals surface area contributed by atoms with Crippen LogP contribution in [0, 0.1) is 0 Å². The molecule has 2 aliphatic heterocycles. The van der Waals surface area contributed by atoms with Crippen LogP contribution >= 0.6 is 0 Å². The number of carbonyl (C=O) groups is 3. The minimum atomic E-state index is -0.584. The lowest BCUT2D eigenvalue weighted by Crippen LogP contribution is -2.41. The van der Waals surface area contributed by atoms with Crippen molar-refractivity contribution >= 4 is 23.4 Å². The molecule has 3 amide bonds. The molecule has 2 atom stereocenters. The second-order valence-electron chi connectivity index (χ2n) is 6.16. The van der Waals surface area contributed by atoms with Crippen LogP contribution in [0.5, 0.6) is 0 Å². The Hall–Kier alpha value is -3.22.